The highest BCUT2D eigenvalue weighted by Crippen LogP contribution is 2.18. The Bertz CT molecular complexity index is 321. The molecule has 0 spiro atoms. The average molecular weight is 180 g/mol. The number of hydrogen-bond acceptors (Lipinski definition) is 3. The molecule has 0 saturated heterocycles. The van der Waals surface area contributed by atoms with E-state index < -0.39 is 0 Å². The zero-order valence-electron chi connectivity index (χ0n) is 8.88. The van der Waals surface area contributed by atoms with Crippen LogP contribution in [-0.4, -0.2) is 12.2 Å². The molecule has 1 aromatic rings. The quantitative estimate of drug-likeness (QED) is 0.700. The second kappa shape index (κ2) is 3.64. The number of allylic oxidation sites excluding steroid dienone is 2. The molecule has 0 N–H and O–H groups in total. The fraction of sp³-hybridized carbons (Fsp3) is 0.500. The predicted molar refractivity (Wildman–Crippen MR) is 53.7 cm³/mol. The van der Waals surface area contributed by atoms with Crippen molar-refractivity contribution in [2.75, 3.05) is 11.9 Å². The highest BCUT2D eigenvalue weighted by Gasteiger charge is 2.08. The Balaban J connectivity index is 2.92. The monoisotopic (exact) mass is 180 g/mol. The molecule has 13 heavy (non-hydrogen) atoms. The van der Waals surface area contributed by atoms with Crippen LogP contribution in [0.5, 0.6) is 0 Å². The van der Waals surface area contributed by atoms with Crippen molar-refractivity contribution in [3.8, 4) is 0 Å². The summed E-state index contributed by atoms with van der Waals surface area (Å²) in [5.41, 5.74) is 2.48. The van der Waals surface area contributed by atoms with E-state index in [1.54, 1.807) is 0 Å². The van der Waals surface area contributed by atoms with Gasteiger partial charge in [-0.25, -0.2) is 0 Å². The van der Waals surface area contributed by atoms with Crippen LogP contribution in [0.15, 0.2) is 21.9 Å². The van der Waals surface area contributed by atoms with Crippen LogP contribution in [0.25, 0.3) is 0 Å². The van der Waals surface area contributed by atoms with Gasteiger partial charge >= 0.3 is 0 Å². The van der Waals surface area contributed by atoms with Crippen molar-refractivity contribution in [2.45, 2.75) is 27.7 Å². The first-order valence-electron chi connectivity index (χ1n) is 4.33. The summed E-state index contributed by atoms with van der Waals surface area (Å²) in [6, 6.07) is 1.92. The Morgan fingerprint density at radius 2 is 2.00 bits per heavy atom. The molecule has 1 aromatic heterocycles. The smallest absolute Gasteiger partial charge is 0.176 e. The van der Waals surface area contributed by atoms with Gasteiger partial charge in [-0.15, -0.1) is 0 Å². The fourth-order valence-electron chi connectivity index (χ4n) is 1.02. The molecule has 0 radical (unpaired) electrons. The highest BCUT2D eigenvalue weighted by molar-refractivity contribution is 5.44. The summed E-state index contributed by atoms with van der Waals surface area (Å²) in [6.45, 7) is 8.12. The summed E-state index contributed by atoms with van der Waals surface area (Å²) >= 11 is 0. The first-order valence-corrected chi connectivity index (χ1v) is 4.33. The first-order chi connectivity index (χ1) is 6.02. The van der Waals surface area contributed by atoms with E-state index in [0.29, 0.717) is 0 Å². The van der Waals surface area contributed by atoms with Gasteiger partial charge in [0.25, 0.3) is 0 Å². The first kappa shape index (κ1) is 9.84. The second-order valence-electron chi connectivity index (χ2n) is 3.44. The normalized spacial score (nSPS) is 9.92. The molecule has 3 nitrogen and oxygen atoms in total. The second-order valence-corrected chi connectivity index (χ2v) is 3.44. The van der Waals surface area contributed by atoms with Crippen LogP contribution in [-0.2, 0) is 0 Å². The minimum Gasteiger partial charge on any atom is -0.360 e. The molecule has 0 amide bonds. The molecule has 1 heterocycles. The molecule has 3 heteroatoms. The van der Waals surface area contributed by atoms with Crippen molar-refractivity contribution in [3.05, 3.63) is 23.1 Å². The van der Waals surface area contributed by atoms with Gasteiger partial charge in [0.1, 0.15) is 5.76 Å². The van der Waals surface area contributed by atoms with E-state index in [-0.39, 0.29) is 0 Å². The van der Waals surface area contributed by atoms with Crippen LogP contribution in [0.1, 0.15) is 26.5 Å². The highest BCUT2D eigenvalue weighted by atomic mass is 16.5. The number of anilines is 1. The SMILES string of the molecule is CC(C)=C(C)N(C)c1cc(C)on1. The van der Waals surface area contributed by atoms with Crippen LogP contribution in [0.4, 0.5) is 5.82 Å². The maximum absolute atomic E-state index is 5.00. The van der Waals surface area contributed by atoms with Crippen molar-refractivity contribution in [3.63, 3.8) is 0 Å². The summed E-state index contributed by atoms with van der Waals surface area (Å²) < 4.78 is 5.00. The van der Waals surface area contributed by atoms with Crippen molar-refractivity contribution in [1.82, 2.24) is 5.16 Å². The topological polar surface area (TPSA) is 29.3 Å². The molecule has 72 valence electrons. The van der Waals surface area contributed by atoms with Gasteiger partial charge in [-0.1, -0.05) is 10.7 Å². The Hall–Kier alpha value is -1.25. The average Bonchev–Trinajstić information content (AvgIpc) is 2.49. The zero-order chi connectivity index (χ0) is 10.0. The van der Waals surface area contributed by atoms with Gasteiger partial charge in [-0.3, -0.25) is 0 Å². The van der Waals surface area contributed by atoms with E-state index in [1.807, 2.05) is 24.9 Å². The Morgan fingerprint density at radius 1 is 1.38 bits per heavy atom. The summed E-state index contributed by atoms with van der Waals surface area (Å²) in [7, 11) is 1.99. The molecule has 0 aromatic carbocycles. The van der Waals surface area contributed by atoms with Crippen LogP contribution in [0.2, 0.25) is 0 Å². The summed E-state index contributed by atoms with van der Waals surface area (Å²) in [4.78, 5) is 2.02. The molecule has 0 aliphatic rings. The number of rotatable bonds is 2. The largest absolute Gasteiger partial charge is 0.360 e. The van der Waals surface area contributed by atoms with Gasteiger partial charge < -0.3 is 9.42 Å². The molecule has 0 saturated carbocycles. The number of hydrogen-bond donors (Lipinski definition) is 0. The van der Waals surface area contributed by atoms with Gasteiger partial charge in [-0.05, 0) is 27.7 Å². The number of nitrogens with zero attached hydrogens (tertiary/aromatic N) is 2. The fourth-order valence-corrected chi connectivity index (χ4v) is 1.02. The summed E-state index contributed by atoms with van der Waals surface area (Å²) in [5.74, 6) is 1.69. The van der Waals surface area contributed by atoms with Crippen molar-refractivity contribution >= 4 is 5.82 Å². The van der Waals surface area contributed by atoms with Gasteiger partial charge in [0.2, 0.25) is 0 Å². The Morgan fingerprint density at radius 3 is 2.38 bits per heavy atom. The summed E-state index contributed by atoms with van der Waals surface area (Å²) in [5, 5.41) is 3.94. The molecule has 0 unspecified atom stereocenters. The number of aromatic nitrogens is 1. The van der Waals surface area contributed by atoms with Crippen molar-refractivity contribution < 1.29 is 4.52 Å². The molecular weight excluding hydrogens is 164 g/mol. The maximum Gasteiger partial charge on any atom is 0.176 e. The van der Waals surface area contributed by atoms with Crippen LogP contribution < -0.4 is 4.90 Å². The third-order valence-corrected chi connectivity index (χ3v) is 2.19. The molecule has 0 bridgehead atoms. The molecule has 0 fully saturated rings. The maximum atomic E-state index is 5.00. The molecule has 0 atom stereocenters. The lowest BCUT2D eigenvalue weighted by Gasteiger charge is -2.17. The van der Waals surface area contributed by atoms with E-state index in [1.165, 1.54) is 11.3 Å². The Kier molecular flexibility index (Phi) is 2.76. The summed E-state index contributed by atoms with van der Waals surface area (Å²) in [6.07, 6.45) is 0. The van der Waals surface area contributed by atoms with E-state index in [9.17, 15) is 0 Å². The van der Waals surface area contributed by atoms with Crippen LogP contribution in [0.3, 0.4) is 0 Å². The van der Waals surface area contributed by atoms with Gasteiger partial charge in [-0.2, -0.15) is 0 Å². The van der Waals surface area contributed by atoms with Gasteiger partial charge in [0.15, 0.2) is 5.82 Å². The predicted octanol–water partition coefficient (Wildman–Crippen LogP) is 2.73. The van der Waals surface area contributed by atoms with E-state index >= 15 is 0 Å². The standard InChI is InChI=1S/C10H16N2O/c1-7(2)9(4)12(5)10-6-8(3)13-11-10/h6H,1-5H3. The van der Waals surface area contributed by atoms with E-state index in [0.717, 1.165) is 11.6 Å². The lowest BCUT2D eigenvalue weighted by Crippen LogP contribution is -2.15. The van der Waals surface area contributed by atoms with Crippen molar-refractivity contribution in [2.24, 2.45) is 0 Å². The third kappa shape index (κ3) is 2.11. The Labute approximate surface area is 79.0 Å². The van der Waals surface area contributed by atoms with Crippen LogP contribution in [0, 0.1) is 6.92 Å². The molecule has 1 rings (SSSR count). The lowest BCUT2D eigenvalue weighted by molar-refractivity contribution is 0.398. The minimum absolute atomic E-state index is 0.836. The molecule has 0 aliphatic carbocycles. The molecular formula is C10H16N2O. The number of aryl methyl sites for hydroxylation is 1. The third-order valence-electron chi connectivity index (χ3n) is 2.19. The lowest BCUT2D eigenvalue weighted by atomic mass is 10.2. The van der Waals surface area contributed by atoms with Crippen LogP contribution >= 0.6 is 0 Å². The van der Waals surface area contributed by atoms with E-state index in [4.69, 9.17) is 4.52 Å². The van der Waals surface area contributed by atoms with Gasteiger partial charge in [0, 0.05) is 18.8 Å². The van der Waals surface area contributed by atoms with Gasteiger partial charge in [0.05, 0.1) is 0 Å². The minimum atomic E-state index is 0.836. The molecule has 0 aliphatic heterocycles. The zero-order valence-corrected chi connectivity index (χ0v) is 8.88. The van der Waals surface area contributed by atoms with Crippen molar-refractivity contribution in [1.29, 1.82) is 0 Å². The van der Waals surface area contributed by atoms with E-state index in [2.05, 4.69) is 25.9 Å².